The van der Waals surface area contributed by atoms with E-state index in [1.807, 2.05) is 32.3 Å². The zero-order valence-corrected chi connectivity index (χ0v) is 20.4. The van der Waals surface area contributed by atoms with Gasteiger partial charge in [-0.15, -0.1) is 0 Å². The first-order chi connectivity index (χ1) is 16.7. The number of hydrogen-bond donors (Lipinski definition) is 0. The molecule has 0 fully saturated rings. The number of hydrogen-bond acceptors (Lipinski definition) is 5. The molecule has 0 aliphatic carbocycles. The van der Waals surface area contributed by atoms with E-state index in [1.165, 1.54) is 0 Å². The first-order valence-electron chi connectivity index (χ1n) is 11.9. The van der Waals surface area contributed by atoms with Gasteiger partial charge >= 0.3 is 0 Å². The Morgan fingerprint density at radius 2 is 0.853 bits per heavy atom. The van der Waals surface area contributed by atoms with Crippen LogP contribution in [0.2, 0.25) is 0 Å². The fourth-order valence-electron chi connectivity index (χ4n) is 3.81. The molecule has 0 aromatic heterocycles. The molecule has 0 saturated carbocycles. The van der Waals surface area contributed by atoms with Crippen molar-refractivity contribution in [1.82, 2.24) is 4.90 Å². The molecule has 0 heterocycles. The highest BCUT2D eigenvalue weighted by Crippen LogP contribution is 2.40. The third-order valence-electron chi connectivity index (χ3n) is 5.51. The third kappa shape index (κ3) is 7.76. The number of ether oxygens (including phenoxy) is 4. The summed E-state index contributed by atoms with van der Waals surface area (Å²) in [7, 11) is 4.06. The predicted octanol–water partition coefficient (Wildman–Crippen LogP) is 4.61. The summed E-state index contributed by atoms with van der Waals surface area (Å²) >= 11 is 0. The van der Waals surface area contributed by atoms with Crippen molar-refractivity contribution in [2.45, 2.75) is 5.60 Å². The molecular weight excluding hydrogens is 426 g/mol. The van der Waals surface area contributed by atoms with Gasteiger partial charge in [-0.2, -0.15) is 0 Å². The number of likely N-dealkylation sites (N-methyl/N-ethyl adjacent to an activating group) is 1. The van der Waals surface area contributed by atoms with E-state index in [2.05, 4.69) is 77.7 Å². The van der Waals surface area contributed by atoms with Gasteiger partial charge in [-0.1, -0.05) is 91.0 Å². The Labute approximate surface area is 204 Å². The van der Waals surface area contributed by atoms with E-state index in [0.29, 0.717) is 39.6 Å². The minimum absolute atomic E-state index is 0.451. The first kappa shape index (κ1) is 26.1. The molecule has 0 N–H and O–H groups in total. The van der Waals surface area contributed by atoms with Crippen LogP contribution in [0, 0.1) is 0 Å². The summed E-state index contributed by atoms with van der Waals surface area (Å²) in [6.07, 6.45) is 0. The fourth-order valence-corrected chi connectivity index (χ4v) is 3.81. The number of benzene rings is 3. The van der Waals surface area contributed by atoms with Gasteiger partial charge in [0.1, 0.15) is 5.60 Å². The molecule has 0 unspecified atom stereocenters. The van der Waals surface area contributed by atoms with Crippen molar-refractivity contribution in [3.8, 4) is 0 Å². The van der Waals surface area contributed by atoms with Crippen LogP contribution in [0.5, 0.6) is 0 Å². The standard InChI is InChI=1S/C29H37NO4/c1-30(2)18-19-31-20-21-32-22-23-33-24-25-34-29(26-12-6-3-7-13-26,27-14-8-4-9-15-27)28-16-10-5-11-17-28/h3-17H,18-25H2,1-2H3. The van der Waals surface area contributed by atoms with E-state index in [1.54, 1.807) is 0 Å². The second kappa shape index (κ2) is 14.7. The van der Waals surface area contributed by atoms with E-state index in [0.717, 1.165) is 29.8 Å². The van der Waals surface area contributed by atoms with Crippen LogP contribution < -0.4 is 0 Å². The third-order valence-corrected chi connectivity index (χ3v) is 5.51. The Morgan fingerprint density at radius 3 is 1.24 bits per heavy atom. The van der Waals surface area contributed by atoms with Gasteiger partial charge in [-0.25, -0.2) is 0 Å². The van der Waals surface area contributed by atoms with Crippen LogP contribution in [0.4, 0.5) is 0 Å². The van der Waals surface area contributed by atoms with Gasteiger partial charge in [0.15, 0.2) is 0 Å². The maximum atomic E-state index is 6.69. The minimum Gasteiger partial charge on any atom is -0.378 e. The average Bonchev–Trinajstić information content (AvgIpc) is 2.88. The molecule has 0 atom stereocenters. The van der Waals surface area contributed by atoms with Crippen LogP contribution in [-0.4, -0.2) is 71.8 Å². The molecule has 5 heteroatoms. The Bertz CT molecular complexity index is 807. The molecule has 0 spiro atoms. The average molecular weight is 464 g/mol. The van der Waals surface area contributed by atoms with Gasteiger partial charge in [0.25, 0.3) is 0 Å². The lowest BCUT2D eigenvalue weighted by molar-refractivity contribution is -0.0370. The summed E-state index contributed by atoms with van der Waals surface area (Å²) in [6, 6.07) is 31.1. The molecule has 182 valence electrons. The molecule has 0 aliphatic heterocycles. The fraction of sp³-hybridized carbons (Fsp3) is 0.379. The molecule has 0 aliphatic rings. The lowest BCUT2D eigenvalue weighted by Gasteiger charge is -2.36. The van der Waals surface area contributed by atoms with Crippen molar-refractivity contribution >= 4 is 0 Å². The maximum Gasteiger partial charge on any atom is 0.143 e. The van der Waals surface area contributed by atoms with Crippen molar-refractivity contribution < 1.29 is 18.9 Å². The van der Waals surface area contributed by atoms with Gasteiger partial charge in [0, 0.05) is 6.54 Å². The van der Waals surface area contributed by atoms with Crippen LogP contribution in [0.15, 0.2) is 91.0 Å². The van der Waals surface area contributed by atoms with Crippen LogP contribution >= 0.6 is 0 Å². The molecule has 34 heavy (non-hydrogen) atoms. The minimum atomic E-state index is -0.715. The van der Waals surface area contributed by atoms with Gasteiger partial charge in [-0.05, 0) is 30.8 Å². The summed E-state index contributed by atoms with van der Waals surface area (Å²) in [6.45, 7) is 4.81. The lowest BCUT2D eigenvalue weighted by atomic mass is 9.80. The Morgan fingerprint density at radius 1 is 0.500 bits per heavy atom. The topological polar surface area (TPSA) is 40.2 Å². The van der Waals surface area contributed by atoms with Crippen molar-refractivity contribution in [2.24, 2.45) is 0 Å². The van der Waals surface area contributed by atoms with Gasteiger partial charge in [0.05, 0.1) is 46.2 Å². The van der Waals surface area contributed by atoms with E-state index < -0.39 is 5.60 Å². The first-order valence-corrected chi connectivity index (χ1v) is 11.9. The highest BCUT2D eigenvalue weighted by molar-refractivity contribution is 5.47. The second-order valence-electron chi connectivity index (χ2n) is 8.27. The lowest BCUT2D eigenvalue weighted by Crippen LogP contribution is -2.34. The molecular formula is C29H37NO4. The summed E-state index contributed by atoms with van der Waals surface area (Å²) in [5, 5.41) is 0. The Balaban J connectivity index is 1.55. The second-order valence-corrected chi connectivity index (χ2v) is 8.27. The molecule has 0 saturated heterocycles. The monoisotopic (exact) mass is 463 g/mol. The summed E-state index contributed by atoms with van der Waals surface area (Å²) in [4.78, 5) is 2.10. The molecule has 5 nitrogen and oxygen atoms in total. The van der Waals surface area contributed by atoms with Gasteiger partial charge < -0.3 is 23.8 Å². The summed E-state index contributed by atoms with van der Waals surface area (Å²) in [5.74, 6) is 0. The molecule has 3 aromatic rings. The van der Waals surface area contributed by atoms with E-state index in [4.69, 9.17) is 18.9 Å². The van der Waals surface area contributed by atoms with Crippen molar-refractivity contribution in [2.75, 3.05) is 66.9 Å². The quantitative estimate of drug-likeness (QED) is 0.229. The molecule has 0 amide bonds. The Kier molecular flexibility index (Phi) is 11.2. The predicted molar refractivity (Wildman–Crippen MR) is 136 cm³/mol. The van der Waals surface area contributed by atoms with Crippen LogP contribution in [0.25, 0.3) is 0 Å². The normalized spacial score (nSPS) is 11.7. The van der Waals surface area contributed by atoms with Crippen LogP contribution in [-0.2, 0) is 24.5 Å². The molecule has 3 rings (SSSR count). The van der Waals surface area contributed by atoms with Crippen molar-refractivity contribution in [3.63, 3.8) is 0 Å². The van der Waals surface area contributed by atoms with Gasteiger partial charge in [0.2, 0.25) is 0 Å². The van der Waals surface area contributed by atoms with Crippen molar-refractivity contribution in [3.05, 3.63) is 108 Å². The molecule has 0 radical (unpaired) electrons. The zero-order valence-electron chi connectivity index (χ0n) is 20.4. The van der Waals surface area contributed by atoms with Crippen molar-refractivity contribution in [1.29, 1.82) is 0 Å². The SMILES string of the molecule is CN(C)CCOCCOCCOCCOC(c1ccccc1)(c1ccccc1)c1ccccc1. The highest BCUT2D eigenvalue weighted by atomic mass is 16.6. The number of nitrogens with zero attached hydrogens (tertiary/aromatic N) is 1. The molecule has 3 aromatic carbocycles. The summed E-state index contributed by atoms with van der Waals surface area (Å²) in [5.41, 5.74) is 2.55. The van der Waals surface area contributed by atoms with E-state index in [-0.39, 0.29) is 0 Å². The smallest absolute Gasteiger partial charge is 0.143 e. The van der Waals surface area contributed by atoms with Crippen LogP contribution in [0.3, 0.4) is 0 Å². The van der Waals surface area contributed by atoms with E-state index >= 15 is 0 Å². The van der Waals surface area contributed by atoms with Crippen LogP contribution in [0.1, 0.15) is 16.7 Å². The summed E-state index contributed by atoms with van der Waals surface area (Å²) < 4.78 is 23.6. The Hall–Kier alpha value is -2.54. The van der Waals surface area contributed by atoms with E-state index in [9.17, 15) is 0 Å². The molecule has 0 bridgehead atoms. The van der Waals surface area contributed by atoms with Gasteiger partial charge in [-0.3, -0.25) is 0 Å². The highest BCUT2D eigenvalue weighted by Gasteiger charge is 2.37. The largest absolute Gasteiger partial charge is 0.378 e. The zero-order chi connectivity index (χ0) is 23.9. The maximum absolute atomic E-state index is 6.69. The number of rotatable bonds is 16.